The summed E-state index contributed by atoms with van der Waals surface area (Å²) in [4.78, 5) is 5.03. The van der Waals surface area contributed by atoms with E-state index in [2.05, 4.69) is 87.3 Å². The van der Waals surface area contributed by atoms with Crippen LogP contribution in [-0.2, 0) is 11.8 Å². The molecular weight excluding hydrogens is 430 g/mol. The number of nitrogens with one attached hydrogen (secondary N) is 2. The van der Waals surface area contributed by atoms with Crippen molar-refractivity contribution in [3.63, 3.8) is 0 Å². The molecule has 1 aromatic rings. The zero-order valence-electron chi connectivity index (χ0n) is 23.2. The third-order valence-electron chi connectivity index (χ3n) is 10.0. The maximum Gasteiger partial charge on any atom is 0.243 e. The molecule has 3 aliphatic rings. The minimum absolute atomic E-state index is 0.0115. The minimum atomic E-state index is 0.0115. The second-order valence-corrected chi connectivity index (χ2v) is 11.7. The maximum atomic E-state index is 6.25. The first-order valence-electron chi connectivity index (χ1n) is 13.2. The summed E-state index contributed by atoms with van der Waals surface area (Å²) in [7, 11) is 8.37. The highest BCUT2D eigenvalue weighted by Gasteiger charge is 2.70. The van der Waals surface area contributed by atoms with Crippen LogP contribution < -0.4 is 15.2 Å². The van der Waals surface area contributed by atoms with E-state index in [1.54, 1.807) is 0 Å². The van der Waals surface area contributed by atoms with Gasteiger partial charge in [0.15, 0.2) is 5.88 Å². The van der Waals surface area contributed by atoms with Gasteiger partial charge in [-0.3, -0.25) is 0 Å². The summed E-state index contributed by atoms with van der Waals surface area (Å²) in [6.45, 7) is 23.4. The lowest BCUT2D eigenvalue weighted by molar-refractivity contribution is -0.159. The first-order chi connectivity index (χ1) is 16.5. The van der Waals surface area contributed by atoms with E-state index in [0.29, 0.717) is 18.0 Å². The number of nitrogens with zero attached hydrogens (tertiary/aromatic N) is 2. The Balaban J connectivity index is 1.91. The number of fused-ring (bicyclic) bond motifs is 1. The van der Waals surface area contributed by atoms with Crippen molar-refractivity contribution < 1.29 is 4.74 Å². The average molecular weight is 474 g/mol. The van der Waals surface area contributed by atoms with Gasteiger partial charge < -0.3 is 25.0 Å². The van der Waals surface area contributed by atoms with E-state index < -0.39 is 0 Å². The summed E-state index contributed by atoms with van der Waals surface area (Å²) < 4.78 is 6.25. The van der Waals surface area contributed by atoms with Crippen molar-refractivity contribution in [2.45, 2.75) is 84.5 Å². The Labute approximate surface area is 215 Å². The quantitative estimate of drug-likeness (QED) is 0.431. The van der Waals surface area contributed by atoms with Crippen LogP contribution >= 0.6 is 0 Å². The lowest BCUT2D eigenvalue weighted by Crippen LogP contribution is -2.74. The molecule has 1 aliphatic heterocycles. The van der Waals surface area contributed by atoms with Crippen molar-refractivity contribution in [1.29, 1.82) is 0 Å². The number of likely N-dealkylation sites (N-methyl/N-ethyl adjacent to an activating group) is 1. The van der Waals surface area contributed by atoms with E-state index in [0.717, 1.165) is 37.4 Å². The van der Waals surface area contributed by atoms with Crippen LogP contribution in [0.1, 0.15) is 56.7 Å². The molecule has 2 bridgehead atoms. The van der Waals surface area contributed by atoms with Crippen molar-refractivity contribution in [1.82, 2.24) is 20.3 Å². The lowest BCUT2D eigenvalue weighted by atomic mass is 9.36. The van der Waals surface area contributed by atoms with Gasteiger partial charge in [0.05, 0.1) is 5.82 Å². The molecule has 188 valence electrons. The number of hydrogen-bond acceptors (Lipinski definition) is 5. The number of likely N-dealkylation sites (tertiary alicyclic amines) is 1. The molecule has 0 spiro atoms. The van der Waals surface area contributed by atoms with Gasteiger partial charge in [0.1, 0.15) is 5.75 Å². The van der Waals surface area contributed by atoms with E-state index in [-0.39, 0.29) is 16.2 Å². The van der Waals surface area contributed by atoms with Gasteiger partial charge in [-0.15, -0.1) is 0 Å². The molecule has 2 fully saturated rings. The summed E-state index contributed by atoms with van der Waals surface area (Å²) >= 11 is 0. The van der Waals surface area contributed by atoms with Crippen molar-refractivity contribution in [2.24, 2.45) is 10.8 Å². The Kier molecular flexibility index (Phi) is 6.80. The van der Waals surface area contributed by atoms with Crippen LogP contribution in [0, 0.1) is 17.8 Å². The summed E-state index contributed by atoms with van der Waals surface area (Å²) in [6, 6.07) is 5.38. The molecule has 0 aromatic heterocycles. The average Bonchev–Trinajstić information content (AvgIpc) is 2.78. The largest absolute Gasteiger partial charge is 0.443 e. The second kappa shape index (κ2) is 9.14. The topological polar surface area (TPSA) is 39.8 Å². The Morgan fingerprint density at radius 3 is 2.49 bits per heavy atom. The van der Waals surface area contributed by atoms with Crippen LogP contribution in [-0.4, -0.2) is 57.4 Å². The monoisotopic (exact) mass is 474 g/mol. The van der Waals surface area contributed by atoms with Crippen LogP contribution in [0.3, 0.4) is 0 Å². The number of hydrogen-bond donors (Lipinski definition) is 2. The van der Waals surface area contributed by atoms with E-state index in [4.69, 9.17) is 4.74 Å². The zero-order chi connectivity index (χ0) is 25.8. The minimum Gasteiger partial charge on any atom is -0.443 e. The van der Waals surface area contributed by atoms with Crippen molar-refractivity contribution in [3.8, 4) is 5.75 Å². The summed E-state index contributed by atoms with van der Waals surface area (Å²) in [5.74, 6) is 2.44. The normalized spacial score (nSPS) is 30.9. The summed E-state index contributed by atoms with van der Waals surface area (Å²) in [5.41, 5.74) is 4.49. The SMILES string of the molecule is C=C(N[B]C)Oc1ccc2c(c1C)[C@]13CCN(C)[C@H](C2)C1(C)CCC(N(C)C(=C)N[B]C)C3(C)C. The highest BCUT2D eigenvalue weighted by atomic mass is 16.5. The van der Waals surface area contributed by atoms with Gasteiger partial charge in [-0.2, -0.15) is 0 Å². The third kappa shape index (κ3) is 3.63. The van der Waals surface area contributed by atoms with Crippen LogP contribution in [0.25, 0.3) is 0 Å². The summed E-state index contributed by atoms with van der Waals surface area (Å²) in [5, 5.41) is 6.45. The molecular formula is C28H44B2N4O. The van der Waals surface area contributed by atoms with Gasteiger partial charge in [0.25, 0.3) is 0 Å². The number of ether oxygens (including phenoxy) is 1. The molecule has 1 saturated carbocycles. The molecule has 1 saturated heterocycles. The lowest BCUT2D eigenvalue weighted by Gasteiger charge is -2.72. The summed E-state index contributed by atoms with van der Waals surface area (Å²) in [6.07, 6.45) is 4.61. The first kappa shape index (κ1) is 26.1. The standard InChI is InChI=1S/C28H44B2N4O/c1-18-22(35-20(3)32-30-8)12-11-21-17-24-27(6)14-13-23(34(10)19(2)31-29-7)26(4,5)28(27,25(18)21)15-16-33(24)9/h11-12,23-24,31-32H,2-3,13-17H2,1,4-10H3/t23?,24-,27?,28+/m1/s1. The predicted molar refractivity (Wildman–Crippen MR) is 149 cm³/mol. The zero-order valence-corrected chi connectivity index (χ0v) is 23.2. The number of benzene rings is 1. The highest BCUT2D eigenvalue weighted by Crippen LogP contribution is 2.70. The molecule has 1 aromatic carbocycles. The van der Waals surface area contributed by atoms with Gasteiger partial charge in [-0.05, 0) is 86.4 Å². The van der Waals surface area contributed by atoms with Gasteiger partial charge in [0.2, 0.25) is 14.8 Å². The molecule has 0 amide bonds. The number of piperidine rings is 1. The molecule has 4 atom stereocenters. The maximum absolute atomic E-state index is 6.25. The molecule has 2 unspecified atom stereocenters. The molecule has 1 heterocycles. The first-order valence-corrected chi connectivity index (χ1v) is 13.2. The number of rotatable bonds is 8. The second-order valence-electron chi connectivity index (χ2n) is 11.7. The fourth-order valence-corrected chi connectivity index (χ4v) is 8.48. The molecule has 2 N–H and O–H groups in total. The van der Waals surface area contributed by atoms with Gasteiger partial charge in [0, 0.05) is 24.5 Å². The molecule has 35 heavy (non-hydrogen) atoms. The van der Waals surface area contributed by atoms with E-state index >= 15 is 0 Å². The van der Waals surface area contributed by atoms with Crippen LogP contribution in [0.4, 0.5) is 0 Å². The van der Waals surface area contributed by atoms with Crippen LogP contribution in [0.5, 0.6) is 5.75 Å². The predicted octanol–water partition coefficient (Wildman–Crippen LogP) is 4.45. The van der Waals surface area contributed by atoms with Gasteiger partial charge in [-0.25, -0.2) is 0 Å². The fourth-order valence-electron chi connectivity index (χ4n) is 8.48. The molecule has 2 aliphatic carbocycles. The van der Waals surface area contributed by atoms with E-state index in [1.807, 2.05) is 28.5 Å². The van der Waals surface area contributed by atoms with Crippen molar-refractivity contribution in [2.75, 3.05) is 20.6 Å². The fraction of sp³-hybridized carbons (Fsp3) is 0.643. The van der Waals surface area contributed by atoms with Crippen molar-refractivity contribution in [3.05, 3.63) is 53.7 Å². The molecule has 2 radical (unpaired) electrons. The smallest absolute Gasteiger partial charge is 0.243 e. The molecule has 4 rings (SSSR count). The van der Waals surface area contributed by atoms with E-state index in [1.165, 1.54) is 23.1 Å². The van der Waals surface area contributed by atoms with E-state index in [9.17, 15) is 0 Å². The van der Waals surface area contributed by atoms with Gasteiger partial charge in [-0.1, -0.05) is 47.1 Å². The highest BCUT2D eigenvalue weighted by molar-refractivity contribution is 6.30. The van der Waals surface area contributed by atoms with Crippen molar-refractivity contribution >= 4 is 14.8 Å². The van der Waals surface area contributed by atoms with Gasteiger partial charge >= 0.3 is 0 Å². The Hall–Kier alpha value is -2.01. The Morgan fingerprint density at radius 2 is 1.83 bits per heavy atom. The van der Waals surface area contributed by atoms with Crippen LogP contribution in [0.2, 0.25) is 13.6 Å². The molecule has 7 heteroatoms. The third-order valence-corrected chi connectivity index (χ3v) is 10.0. The molecule has 5 nitrogen and oxygen atoms in total. The van der Waals surface area contributed by atoms with Crippen LogP contribution in [0.15, 0.2) is 37.0 Å². The Morgan fingerprint density at radius 1 is 1.14 bits per heavy atom. The Bertz CT molecular complexity index is 1010.